The monoisotopic (exact) mass is 277 g/mol. The number of hydrogen-bond acceptors (Lipinski definition) is 6. The fourth-order valence-corrected chi connectivity index (χ4v) is 1.17. The number of unbranched alkanes of at least 4 members (excludes halogenated alkanes) is 2. The molecule has 0 atom stereocenters. The molecule has 114 valence electrons. The van der Waals surface area contributed by atoms with Crippen LogP contribution in [0, 0.1) is 0 Å². The van der Waals surface area contributed by atoms with Crippen LogP contribution in [0.25, 0.3) is 0 Å². The van der Waals surface area contributed by atoms with Gasteiger partial charge in [-0.3, -0.25) is 0 Å². The minimum Gasteiger partial charge on any atom is -0.550 e. The van der Waals surface area contributed by atoms with Crippen molar-refractivity contribution in [3.63, 3.8) is 0 Å². The Labute approximate surface area is 114 Å². The van der Waals surface area contributed by atoms with Gasteiger partial charge < -0.3 is 9.90 Å². The van der Waals surface area contributed by atoms with Gasteiger partial charge in [-0.05, 0) is 26.2 Å². The third-order valence-corrected chi connectivity index (χ3v) is 2.42. The molecule has 0 aliphatic carbocycles. The number of hydrogen-bond donors (Lipinski definition) is 0. The predicted molar refractivity (Wildman–Crippen MR) is 66.5 cm³/mol. The molecule has 6 nitrogen and oxygen atoms in total. The lowest BCUT2D eigenvalue weighted by Gasteiger charge is -2.27. The van der Waals surface area contributed by atoms with Gasteiger partial charge in [-0.15, -0.1) is 0 Å². The summed E-state index contributed by atoms with van der Waals surface area (Å²) < 4.78 is 0. The van der Waals surface area contributed by atoms with Crippen molar-refractivity contribution in [2.24, 2.45) is 0 Å². The Hall–Kier alpha value is -0.690. The average Bonchev–Trinajstić information content (AvgIpc) is 2.38. The van der Waals surface area contributed by atoms with Crippen molar-refractivity contribution < 1.29 is 29.5 Å². The molecular formula is C13H25O6-. The van der Waals surface area contributed by atoms with Gasteiger partial charge in [-0.25, -0.2) is 9.78 Å². The molecule has 0 unspecified atom stereocenters. The normalized spacial score (nSPS) is 11.7. The van der Waals surface area contributed by atoms with Crippen LogP contribution in [0.3, 0.4) is 0 Å². The molecule has 0 rings (SSSR count). The Bertz CT molecular complexity index is 219. The van der Waals surface area contributed by atoms with Crippen LogP contribution in [0.1, 0.15) is 59.3 Å². The maximum atomic E-state index is 10.5. The van der Waals surface area contributed by atoms with E-state index in [-0.39, 0.29) is 12.8 Å². The highest BCUT2D eigenvalue weighted by Gasteiger charge is 2.29. The maximum Gasteiger partial charge on any atom is 0.231 e. The maximum absolute atomic E-state index is 10.5. The Balaban J connectivity index is 4.07. The van der Waals surface area contributed by atoms with E-state index < -0.39 is 11.8 Å². The fourth-order valence-electron chi connectivity index (χ4n) is 1.17. The first-order valence-electron chi connectivity index (χ1n) is 6.85. The molecule has 0 spiro atoms. The second-order valence-corrected chi connectivity index (χ2v) is 4.52. The minimum atomic E-state index is -1.23. The Morgan fingerprint density at radius 2 is 1.53 bits per heavy atom. The molecular weight excluding hydrogens is 252 g/mol. The molecule has 0 N–H and O–H groups in total. The molecule has 6 heteroatoms. The second-order valence-electron chi connectivity index (χ2n) is 4.52. The molecule has 0 radical (unpaired) electrons. The van der Waals surface area contributed by atoms with Crippen molar-refractivity contribution >= 4 is 5.97 Å². The van der Waals surface area contributed by atoms with Gasteiger partial charge in [-0.1, -0.05) is 26.7 Å². The average molecular weight is 277 g/mol. The van der Waals surface area contributed by atoms with E-state index in [0.29, 0.717) is 13.2 Å². The summed E-state index contributed by atoms with van der Waals surface area (Å²) >= 11 is 0. The predicted octanol–water partition coefficient (Wildman–Crippen LogP) is 1.73. The molecule has 0 fully saturated rings. The highest BCUT2D eigenvalue weighted by Crippen LogP contribution is 2.20. The van der Waals surface area contributed by atoms with Crippen molar-refractivity contribution in [2.45, 2.75) is 65.1 Å². The largest absolute Gasteiger partial charge is 0.550 e. The first-order valence-corrected chi connectivity index (χ1v) is 6.85. The summed E-state index contributed by atoms with van der Waals surface area (Å²) in [6.07, 6.45) is 3.57. The first-order chi connectivity index (χ1) is 9.04. The zero-order valence-corrected chi connectivity index (χ0v) is 12.1. The number of carboxylic acids is 1. The van der Waals surface area contributed by atoms with Crippen LogP contribution in [0.15, 0.2) is 0 Å². The lowest BCUT2D eigenvalue weighted by Crippen LogP contribution is -2.35. The summed E-state index contributed by atoms with van der Waals surface area (Å²) in [5.74, 6) is -2.40. The van der Waals surface area contributed by atoms with E-state index in [9.17, 15) is 9.90 Å². The first kappa shape index (κ1) is 18.3. The van der Waals surface area contributed by atoms with Crippen LogP contribution >= 0.6 is 0 Å². The van der Waals surface area contributed by atoms with Gasteiger partial charge in [0, 0.05) is 12.4 Å². The van der Waals surface area contributed by atoms with E-state index in [2.05, 4.69) is 0 Å². The summed E-state index contributed by atoms with van der Waals surface area (Å²) in [6, 6.07) is 0. The smallest absolute Gasteiger partial charge is 0.231 e. The van der Waals surface area contributed by atoms with Gasteiger partial charge in [0.1, 0.15) is 0 Å². The molecule has 0 saturated heterocycles. The van der Waals surface area contributed by atoms with E-state index >= 15 is 0 Å². The Kier molecular flexibility index (Phi) is 10.8. The number of carbonyl (C=O) groups excluding carboxylic acids is 1. The van der Waals surface area contributed by atoms with Gasteiger partial charge in [0.25, 0.3) is 0 Å². The van der Waals surface area contributed by atoms with Crippen molar-refractivity contribution in [3.05, 3.63) is 0 Å². The van der Waals surface area contributed by atoms with E-state index in [0.717, 1.165) is 25.7 Å². The van der Waals surface area contributed by atoms with Crippen LogP contribution in [-0.4, -0.2) is 25.0 Å². The molecule has 0 aliphatic rings. The molecule has 0 aliphatic heterocycles. The zero-order chi connectivity index (χ0) is 14.6. The van der Waals surface area contributed by atoms with Crippen molar-refractivity contribution in [1.29, 1.82) is 0 Å². The molecule has 0 aromatic rings. The SMILES string of the molecule is CCCCOOC(C)(CCC(=O)[O-])OOCCCC. The van der Waals surface area contributed by atoms with E-state index in [1.165, 1.54) is 0 Å². The third-order valence-electron chi connectivity index (χ3n) is 2.42. The molecule has 0 bridgehead atoms. The van der Waals surface area contributed by atoms with Gasteiger partial charge >= 0.3 is 0 Å². The quantitative estimate of drug-likeness (QED) is 0.221. The molecule has 0 heterocycles. The summed E-state index contributed by atoms with van der Waals surface area (Å²) in [5.41, 5.74) is 0. The van der Waals surface area contributed by atoms with E-state index in [1.54, 1.807) is 6.92 Å². The number of carbonyl (C=O) groups is 1. The molecule has 0 saturated carbocycles. The third kappa shape index (κ3) is 10.9. The number of aliphatic carboxylic acids is 1. The minimum absolute atomic E-state index is 0.0909. The van der Waals surface area contributed by atoms with E-state index in [1.807, 2.05) is 13.8 Å². The fraction of sp³-hybridized carbons (Fsp3) is 0.923. The van der Waals surface area contributed by atoms with Gasteiger partial charge in [0.2, 0.25) is 5.79 Å². The van der Waals surface area contributed by atoms with Crippen molar-refractivity contribution in [1.82, 2.24) is 0 Å². The summed E-state index contributed by atoms with van der Waals surface area (Å²) in [7, 11) is 0. The van der Waals surface area contributed by atoms with Crippen LogP contribution in [0.4, 0.5) is 0 Å². The summed E-state index contributed by atoms with van der Waals surface area (Å²) in [5, 5.41) is 10.5. The van der Waals surface area contributed by atoms with Crippen LogP contribution in [0.2, 0.25) is 0 Å². The second kappa shape index (κ2) is 11.2. The zero-order valence-electron chi connectivity index (χ0n) is 12.1. The Morgan fingerprint density at radius 3 is 1.89 bits per heavy atom. The van der Waals surface area contributed by atoms with Crippen LogP contribution in [0.5, 0.6) is 0 Å². The number of rotatable bonds is 13. The molecule has 0 aromatic heterocycles. The lowest BCUT2D eigenvalue weighted by atomic mass is 10.2. The highest BCUT2D eigenvalue weighted by molar-refractivity contribution is 5.64. The Morgan fingerprint density at radius 1 is 1.05 bits per heavy atom. The van der Waals surface area contributed by atoms with Gasteiger partial charge in [0.15, 0.2) is 0 Å². The lowest BCUT2D eigenvalue weighted by molar-refractivity contribution is -0.508. The van der Waals surface area contributed by atoms with E-state index in [4.69, 9.17) is 19.6 Å². The van der Waals surface area contributed by atoms with Crippen molar-refractivity contribution in [2.75, 3.05) is 13.2 Å². The van der Waals surface area contributed by atoms with Crippen LogP contribution < -0.4 is 5.11 Å². The number of carboxylic acid groups (broad SMARTS) is 1. The van der Waals surface area contributed by atoms with Crippen LogP contribution in [-0.2, 0) is 24.3 Å². The standard InChI is InChI=1S/C13H26O6/c1-4-6-10-16-18-13(3,9-8-12(14)15)19-17-11-7-5-2/h4-11H2,1-3H3,(H,14,15)/p-1. The molecule has 0 aromatic carbocycles. The van der Waals surface area contributed by atoms with Gasteiger partial charge in [-0.2, -0.15) is 9.78 Å². The summed E-state index contributed by atoms with van der Waals surface area (Å²) in [4.78, 5) is 30.8. The molecule has 0 amide bonds. The molecule has 19 heavy (non-hydrogen) atoms. The van der Waals surface area contributed by atoms with Gasteiger partial charge in [0.05, 0.1) is 13.2 Å². The topological polar surface area (TPSA) is 77.1 Å². The highest BCUT2D eigenvalue weighted by atomic mass is 17.3. The summed E-state index contributed by atoms with van der Waals surface area (Å²) in [6.45, 7) is 6.49. The van der Waals surface area contributed by atoms with Crippen molar-refractivity contribution in [3.8, 4) is 0 Å².